The van der Waals surface area contributed by atoms with Gasteiger partial charge in [0, 0.05) is 26.2 Å². The van der Waals surface area contributed by atoms with Crippen molar-refractivity contribution in [1.82, 2.24) is 9.80 Å². The zero-order chi connectivity index (χ0) is 14.8. The summed E-state index contributed by atoms with van der Waals surface area (Å²) < 4.78 is 23.1. The second-order valence-corrected chi connectivity index (χ2v) is 7.70. The second kappa shape index (κ2) is 5.99. The van der Waals surface area contributed by atoms with E-state index in [-0.39, 0.29) is 30.6 Å². The summed E-state index contributed by atoms with van der Waals surface area (Å²) in [4.78, 5) is 26.4. The molecule has 20 heavy (non-hydrogen) atoms. The Morgan fingerprint density at radius 3 is 2.40 bits per heavy atom. The quantitative estimate of drug-likeness (QED) is 0.737. The lowest BCUT2D eigenvalue weighted by atomic mass is 9.99. The monoisotopic (exact) mass is 304 g/mol. The van der Waals surface area contributed by atoms with Crippen LogP contribution >= 0.6 is 0 Å². The van der Waals surface area contributed by atoms with Crippen molar-refractivity contribution in [2.75, 3.05) is 37.7 Å². The molecule has 0 radical (unpaired) electrons. The Hall–Kier alpha value is -1.31. The molecule has 0 aromatic heterocycles. The standard InChI is InChI=1S/C12H20N2O5S/c15-11(16)10-3-1-4-14(9-10)12(17)13-5-2-7-20(18,19)8-6-13/h10H,1-9H2,(H,15,16). The minimum atomic E-state index is -3.05. The van der Waals surface area contributed by atoms with E-state index in [2.05, 4.69) is 0 Å². The number of urea groups is 1. The van der Waals surface area contributed by atoms with Gasteiger partial charge in [-0.25, -0.2) is 13.2 Å². The lowest BCUT2D eigenvalue weighted by Crippen LogP contribution is -2.49. The number of sulfone groups is 1. The summed E-state index contributed by atoms with van der Waals surface area (Å²) in [5.41, 5.74) is 0. The van der Waals surface area contributed by atoms with Crippen LogP contribution in [-0.4, -0.2) is 73.0 Å². The molecule has 2 amide bonds. The number of carbonyl (C=O) groups is 2. The molecule has 0 spiro atoms. The van der Waals surface area contributed by atoms with Crippen molar-refractivity contribution in [1.29, 1.82) is 0 Å². The molecule has 7 nitrogen and oxygen atoms in total. The second-order valence-electron chi connectivity index (χ2n) is 5.40. The summed E-state index contributed by atoms with van der Waals surface area (Å²) in [7, 11) is -3.05. The van der Waals surface area contributed by atoms with Crippen LogP contribution in [0.4, 0.5) is 4.79 Å². The van der Waals surface area contributed by atoms with Crippen molar-refractivity contribution in [2.24, 2.45) is 5.92 Å². The van der Waals surface area contributed by atoms with Crippen molar-refractivity contribution >= 4 is 21.8 Å². The number of nitrogens with zero attached hydrogens (tertiary/aromatic N) is 2. The van der Waals surface area contributed by atoms with Crippen molar-refractivity contribution in [2.45, 2.75) is 19.3 Å². The number of carboxylic acids is 1. The SMILES string of the molecule is O=C(O)C1CCCN(C(=O)N2CCCS(=O)(=O)CC2)C1. The van der Waals surface area contributed by atoms with Crippen LogP contribution in [0.25, 0.3) is 0 Å². The molecule has 1 unspecified atom stereocenters. The Kier molecular flexibility index (Phi) is 4.52. The largest absolute Gasteiger partial charge is 0.481 e. The predicted molar refractivity (Wildman–Crippen MR) is 72.2 cm³/mol. The minimum absolute atomic E-state index is 0.00502. The molecule has 0 saturated carbocycles. The van der Waals surface area contributed by atoms with Crippen LogP contribution in [0.2, 0.25) is 0 Å². The number of hydrogen-bond acceptors (Lipinski definition) is 4. The van der Waals surface area contributed by atoms with E-state index in [4.69, 9.17) is 5.11 Å². The molecule has 2 aliphatic rings. The Morgan fingerprint density at radius 2 is 1.70 bits per heavy atom. The van der Waals surface area contributed by atoms with Crippen LogP contribution in [0.5, 0.6) is 0 Å². The fourth-order valence-corrected chi connectivity index (χ4v) is 3.95. The zero-order valence-corrected chi connectivity index (χ0v) is 12.1. The van der Waals surface area contributed by atoms with Crippen LogP contribution < -0.4 is 0 Å². The maximum atomic E-state index is 12.3. The molecule has 0 bridgehead atoms. The molecule has 114 valence electrons. The van der Waals surface area contributed by atoms with Gasteiger partial charge in [0.2, 0.25) is 0 Å². The van der Waals surface area contributed by atoms with E-state index < -0.39 is 21.7 Å². The molecule has 2 aliphatic heterocycles. The minimum Gasteiger partial charge on any atom is -0.481 e. The molecule has 0 aromatic rings. The van der Waals surface area contributed by atoms with Gasteiger partial charge in [-0.05, 0) is 19.3 Å². The van der Waals surface area contributed by atoms with Gasteiger partial charge in [-0.2, -0.15) is 0 Å². The van der Waals surface area contributed by atoms with Gasteiger partial charge in [-0.15, -0.1) is 0 Å². The van der Waals surface area contributed by atoms with Crippen molar-refractivity contribution in [3.63, 3.8) is 0 Å². The number of piperidine rings is 1. The van der Waals surface area contributed by atoms with Gasteiger partial charge in [-0.3, -0.25) is 4.79 Å². The average Bonchev–Trinajstić information content (AvgIpc) is 2.59. The highest BCUT2D eigenvalue weighted by Crippen LogP contribution is 2.18. The summed E-state index contributed by atoms with van der Waals surface area (Å²) in [5.74, 6) is -1.27. The van der Waals surface area contributed by atoms with E-state index in [0.29, 0.717) is 32.4 Å². The van der Waals surface area contributed by atoms with Crippen molar-refractivity contribution in [3.8, 4) is 0 Å². The topological polar surface area (TPSA) is 95.0 Å². The van der Waals surface area contributed by atoms with E-state index in [1.54, 1.807) is 4.90 Å². The van der Waals surface area contributed by atoms with E-state index in [9.17, 15) is 18.0 Å². The first-order valence-electron chi connectivity index (χ1n) is 6.86. The van der Waals surface area contributed by atoms with E-state index in [1.807, 2.05) is 0 Å². The van der Waals surface area contributed by atoms with Crippen LogP contribution in [-0.2, 0) is 14.6 Å². The smallest absolute Gasteiger partial charge is 0.320 e. The Bertz CT molecular complexity index is 490. The Labute approximate surface area is 118 Å². The van der Waals surface area contributed by atoms with Crippen LogP contribution in [0.1, 0.15) is 19.3 Å². The maximum absolute atomic E-state index is 12.3. The van der Waals surface area contributed by atoms with Gasteiger partial charge in [-0.1, -0.05) is 0 Å². The molecule has 1 atom stereocenters. The molecule has 2 saturated heterocycles. The highest BCUT2D eigenvalue weighted by molar-refractivity contribution is 7.91. The van der Waals surface area contributed by atoms with Gasteiger partial charge < -0.3 is 14.9 Å². The van der Waals surface area contributed by atoms with Gasteiger partial charge in [0.15, 0.2) is 9.84 Å². The van der Waals surface area contributed by atoms with Crippen LogP contribution in [0.3, 0.4) is 0 Å². The summed E-state index contributed by atoms with van der Waals surface area (Å²) >= 11 is 0. The third-order valence-electron chi connectivity index (χ3n) is 3.87. The molecule has 2 fully saturated rings. The Morgan fingerprint density at radius 1 is 1.00 bits per heavy atom. The molecule has 2 heterocycles. The molecular formula is C12H20N2O5S. The third kappa shape index (κ3) is 3.62. The van der Waals surface area contributed by atoms with Gasteiger partial charge >= 0.3 is 12.0 Å². The zero-order valence-electron chi connectivity index (χ0n) is 11.3. The van der Waals surface area contributed by atoms with E-state index >= 15 is 0 Å². The number of carboxylic acid groups (broad SMARTS) is 1. The lowest BCUT2D eigenvalue weighted by molar-refractivity contribution is -0.143. The molecule has 8 heteroatoms. The number of likely N-dealkylation sites (tertiary alicyclic amines) is 1. The van der Waals surface area contributed by atoms with Gasteiger partial charge in [0.05, 0.1) is 17.4 Å². The summed E-state index contributed by atoms with van der Waals surface area (Å²) in [6.45, 7) is 1.39. The number of aliphatic carboxylic acids is 1. The van der Waals surface area contributed by atoms with Crippen molar-refractivity contribution in [3.05, 3.63) is 0 Å². The number of hydrogen-bond donors (Lipinski definition) is 1. The normalized spacial score (nSPS) is 26.9. The average molecular weight is 304 g/mol. The summed E-state index contributed by atoms with van der Waals surface area (Å²) in [5, 5.41) is 9.03. The maximum Gasteiger partial charge on any atom is 0.320 e. The first-order valence-corrected chi connectivity index (χ1v) is 8.68. The van der Waals surface area contributed by atoms with E-state index in [1.165, 1.54) is 4.90 Å². The highest BCUT2D eigenvalue weighted by Gasteiger charge is 2.31. The summed E-state index contributed by atoms with van der Waals surface area (Å²) in [6, 6.07) is -0.229. The highest BCUT2D eigenvalue weighted by atomic mass is 32.2. The molecule has 1 N–H and O–H groups in total. The summed E-state index contributed by atoms with van der Waals surface area (Å²) in [6.07, 6.45) is 1.71. The first kappa shape index (κ1) is 15.1. The van der Waals surface area contributed by atoms with Crippen LogP contribution in [0, 0.1) is 5.92 Å². The molecular weight excluding hydrogens is 284 g/mol. The van der Waals surface area contributed by atoms with Crippen molar-refractivity contribution < 1.29 is 23.1 Å². The molecule has 0 aliphatic carbocycles. The van der Waals surface area contributed by atoms with E-state index in [0.717, 1.165) is 0 Å². The fraction of sp³-hybridized carbons (Fsp3) is 0.833. The third-order valence-corrected chi connectivity index (χ3v) is 5.58. The fourth-order valence-electron chi connectivity index (χ4n) is 2.68. The predicted octanol–water partition coefficient (Wildman–Crippen LogP) is 0.0235. The number of carbonyl (C=O) groups excluding carboxylic acids is 1. The van der Waals surface area contributed by atoms with Crippen LogP contribution in [0.15, 0.2) is 0 Å². The first-order chi connectivity index (χ1) is 9.39. The molecule has 0 aromatic carbocycles. The van der Waals surface area contributed by atoms with Gasteiger partial charge in [0.25, 0.3) is 0 Å². The van der Waals surface area contributed by atoms with Gasteiger partial charge in [0.1, 0.15) is 0 Å². The molecule has 2 rings (SSSR count). The number of amides is 2. The number of rotatable bonds is 1. The Balaban J connectivity index is 1.98. The lowest BCUT2D eigenvalue weighted by Gasteiger charge is -2.34.